The Hall–Kier alpha value is -8.97. The molecule has 322 valence electrons. The number of benzene rings is 10. The molecule has 0 aliphatic carbocycles. The number of rotatable bonds is 7. The molecule has 14 rings (SSSR count). The third kappa shape index (κ3) is 6.41. The second-order valence-corrected chi connectivity index (χ2v) is 18.6. The molecule has 0 amide bonds. The lowest BCUT2D eigenvalue weighted by molar-refractivity contribution is 1.07. The number of hydrogen-bond donors (Lipinski definition) is 0. The van der Waals surface area contributed by atoms with Crippen LogP contribution in [0.5, 0.6) is 0 Å². The highest BCUT2D eigenvalue weighted by Crippen LogP contribution is 2.46. The van der Waals surface area contributed by atoms with E-state index in [1.807, 2.05) is 23.5 Å². The van der Waals surface area contributed by atoms with Crippen molar-refractivity contribution in [1.82, 2.24) is 24.1 Å². The monoisotopic (exact) mass is 897 g/mol. The predicted octanol–water partition coefficient (Wildman–Crippen LogP) is 16.8. The van der Waals surface area contributed by atoms with Crippen LogP contribution in [0.4, 0.5) is 0 Å². The Morgan fingerprint density at radius 2 is 0.710 bits per heavy atom. The lowest BCUT2D eigenvalue weighted by Crippen LogP contribution is -2.00. The van der Waals surface area contributed by atoms with E-state index in [0.717, 1.165) is 44.4 Å². The third-order valence-electron chi connectivity index (χ3n) is 13.6. The fourth-order valence-electron chi connectivity index (χ4n) is 10.3. The van der Waals surface area contributed by atoms with Gasteiger partial charge in [0.2, 0.25) is 0 Å². The topological polar surface area (TPSA) is 48.5 Å². The summed E-state index contributed by atoms with van der Waals surface area (Å²) in [5.74, 6) is 1.87. The molecular weight excluding hydrogens is 859 g/mol. The van der Waals surface area contributed by atoms with E-state index in [2.05, 4.69) is 234 Å². The van der Waals surface area contributed by atoms with Crippen LogP contribution in [0.15, 0.2) is 237 Å². The van der Waals surface area contributed by atoms with Crippen LogP contribution in [-0.2, 0) is 0 Å². The van der Waals surface area contributed by atoms with Crippen LogP contribution in [0.25, 0.3) is 132 Å². The molecule has 0 fully saturated rings. The molecule has 69 heavy (non-hydrogen) atoms. The van der Waals surface area contributed by atoms with Crippen LogP contribution in [0, 0.1) is 0 Å². The zero-order chi connectivity index (χ0) is 45.4. The van der Waals surface area contributed by atoms with Crippen molar-refractivity contribution in [3.63, 3.8) is 0 Å². The number of aromatic nitrogens is 5. The van der Waals surface area contributed by atoms with Crippen molar-refractivity contribution < 1.29 is 0 Å². The Balaban J connectivity index is 0.969. The minimum atomic E-state index is 0.621. The van der Waals surface area contributed by atoms with Crippen LogP contribution in [0.2, 0.25) is 0 Å². The fourth-order valence-corrected chi connectivity index (χ4v) is 11.7. The maximum absolute atomic E-state index is 5.25. The summed E-state index contributed by atoms with van der Waals surface area (Å²) >= 11 is 1.88. The Labute approximate surface area is 401 Å². The average Bonchev–Trinajstić information content (AvgIpc) is 4.09. The molecule has 0 N–H and O–H groups in total. The number of hydrogen-bond acceptors (Lipinski definition) is 4. The SMILES string of the molecule is c1ccc(-c2ccc(-c3nc(-c4ccc(-c5ccccc5)cc4)nc(-c4ccc5c(c4)c4ccc6c7cccc(-n8c9ccccc9c9ccccc98)c7sc6c4n5-c4ccccc4)n3)cc2)cc1. The molecule has 0 radical (unpaired) electrons. The molecule has 6 heteroatoms. The van der Waals surface area contributed by atoms with Crippen molar-refractivity contribution in [3.05, 3.63) is 237 Å². The predicted molar refractivity (Wildman–Crippen MR) is 289 cm³/mol. The first kappa shape index (κ1) is 39.2. The highest BCUT2D eigenvalue weighted by molar-refractivity contribution is 7.27. The molecular formula is C63H39N5S. The van der Waals surface area contributed by atoms with E-state index in [1.165, 1.54) is 69.7 Å². The van der Waals surface area contributed by atoms with Crippen molar-refractivity contribution in [2.45, 2.75) is 0 Å². The second kappa shape index (κ2) is 15.8. The summed E-state index contributed by atoms with van der Waals surface area (Å²) in [6.07, 6.45) is 0. The van der Waals surface area contributed by atoms with Gasteiger partial charge >= 0.3 is 0 Å². The van der Waals surface area contributed by atoms with Gasteiger partial charge in [0.15, 0.2) is 17.5 Å². The molecule has 0 bridgehead atoms. The lowest BCUT2D eigenvalue weighted by Gasteiger charge is -2.11. The number of para-hydroxylation sites is 3. The Morgan fingerprint density at radius 3 is 1.30 bits per heavy atom. The van der Waals surface area contributed by atoms with Crippen molar-refractivity contribution in [1.29, 1.82) is 0 Å². The molecule has 0 aliphatic heterocycles. The second-order valence-electron chi connectivity index (χ2n) is 17.6. The van der Waals surface area contributed by atoms with Gasteiger partial charge < -0.3 is 9.13 Å². The first-order valence-electron chi connectivity index (χ1n) is 23.3. The summed E-state index contributed by atoms with van der Waals surface area (Å²) in [6.45, 7) is 0. The van der Waals surface area contributed by atoms with Gasteiger partial charge in [0.1, 0.15) is 0 Å². The summed E-state index contributed by atoms with van der Waals surface area (Å²) in [6, 6.07) is 84.3. The van der Waals surface area contributed by atoms with Crippen LogP contribution >= 0.6 is 11.3 Å². The van der Waals surface area contributed by atoms with Gasteiger partial charge in [-0.1, -0.05) is 188 Å². The van der Waals surface area contributed by atoms with Gasteiger partial charge in [-0.25, -0.2) is 15.0 Å². The molecule has 0 atom stereocenters. The molecule has 0 aliphatic rings. The summed E-state index contributed by atoms with van der Waals surface area (Å²) in [5.41, 5.74) is 14.4. The van der Waals surface area contributed by atoms with Gasteiger partial charge in [-0.2, -0.15) is 0 Å². The molecule has 0 saturated carbocycles. The van der Waals surface area contributed by atoms with Gasteiger partial charge in [0.05, 0.1) is 37.2 Å². The third-order valence-corrected chi connectivity index (χ3v) is 14.9. The molecule has 14 aromatic rings. The molecule has 4 heterocycles. The lowest BCUT2D eigenvalue weighted by atomic mass is 10.0. The van der Waals surface area contributed by atoms with E-state index in [9.17, 15) is 0 Å². The van der Waals surface area contributed by atoms with Crippen LogP contribution in [0.1, 0.15) is 0 Å². The van der Waals surface area contributed by atoms with Gasteiger partial charge in [-0.15, -0.1) is 11.3 Å². The summed E-state index contributed by atoms with van der Waals surface area (Å²) < 4.78 is 7.40. The van der Waals surface area contributed by atoms with E-state index < -0.39 is 0 Å². The Kier molecular flexibility index (Phi) is 9.00. The van der Waals surface area contributed by atoms with Crippen molar-refractivity contribution in [2.75, 3.05) is 0 Å². The standard InChI is InChI=1S/C63H39N5S/c1-4-15-40(16-5-1)42-27-31-44(32-28-42)61-64-62(45-33-29-43(30-34-45)41-17-6-2-7-18-41)66-63(65-61)46-35-38-56-53(39-46)50-36-37-52-51-23-14-26-57(59(51)69-60(52)58(50)67(56)47-19-8-3-9-20-47)68-54-24-12-10-21-48(54)49-22-11-13-25-55(49)68/h1-39H. The molecule has 4 aromatic heterocycles. The van der Waals surface area contributed by atoms with Gasteiger partial charge in [-0.3, -0.25) is 0 Å². The fraction of sp³-hybridized carbons (Fsp3) is 0. The van der Waals surface area contributed by atoms with Crippen molar-refractivity contribution >= 4 is 75.1 Å². The minimum absolute atomic E-state index is 0.621. The number of fused-ring (bicyclic) bond motifs is 10. The summed E-state index contributed by atoms with van der Waals surface area (Å²) in [4.78, 5) is 15.6. The van der Waals surface area contributed by atoms with Crippen LogP contribution in [-0.4, -0.2) is 24.1 Å². The van der Waals surface area contributed by atoms with E-state index in [-0.39, 0.29) is 0 Å². The maximum Gasteiger partial charge on any atom is 0.164 e. The number of nitrogens with zero attached hydrogens (tertiary/aromatic N) is 5. The van der Waals surface area contributed by atoms with Crippen molar-refractivity contribution in [2.24, 2.45) is 0 Å². The molecule has 10 aromatic carbocycles. The first-order valence-corrected chi connectivity index (χ1v) is 24.1. The molecule has 0 saturated heterocycles. The van der Waals surface area contributed by atoms with E-state index >= 15 is 0 Å². The Bertz CT molecular complexity index is 4110. The van der Waals surface area contributed by atoms with Gasteiger partial charge in [-0.05, 0) is 70.8 Å². The highest BCUT2D eigenvalue weighted by Gasteiger charge is 2.22. The van der Waals surface area contributed by atoms with Gasteiger partial charge in [0, 0.05) is 54.7 Å². The van der Waals surface area contributed by atoms with Crippen LogP contribution in [0.3, 0.4) is 0 Å². The largest absolute Gasteiger partial charge is 0.308 e. The Morgan fingerprint density at radius 1 is 0.275 bits per heavy atom. The zero-order valence-electron chi connectivity index (χ0n) is 37.2. The average molecular weight is 898 g/mol. The molecule has 0 unspecified atom stereocenters. The van der Waals surface area contributed by atoms with Gasteiger partial charge in [0.25, 0.3) is 0 Å². The quantitative estimate of drug-likeness (QED) is 0.160. The molecule has 5 nitrogen and oxygen atoms in total. The van der Waals surface area contributed by atoms with E-state index in [4.69, 9.17) is 15.0 Å². The van der Waals surface area contributed by atoms with E-state index in [0.29, 0.717) is 17.5 Å². The first-order chi connectivity index (χ1) is 34.2. The zero-order valence-corrected chi connectivity index (χ0v) is 38.0. The van der Waals surface area contributed by atoms with Crippen molar-refractivity contribution in [3.8, 4) is 67.8 Å². The summed E-state index contributed by atoms with van der Waals surface area (Å²) in [7, 11) is 0. The summed E-state index contributed by atoms with van der Waals surface area (Å²) in [5, 5.41) is 7.32. The highest BCUT2D eigenvalue weighted by atomic mass is 32.1. The normalized spacial score (nSPS) is 11.8. The number of thiophene rings is 1. The van der Waals surface area contributed by atoms with E-state index in [1.54, 1.807) is 0 Å². The minimum Gasteiger partial charge on any atom is -0.308 e. The van der Waals surface area contributed by atoms with Crippen LogP contribution < -0.4 is 0 Å². The smallest absolute Gasteiger partial charge is 0.164 e. The molecule has 0 spiro atoms. The maximum atomic E-state index is 5.25.